The fraction of sp³-hybridized carbons (Fsp3) is 0.190. The highest BCUT2D eigenvalue weighted by molar-refractivity contribution is 7.14. The lowest BCUT2D eigenvalue weighted by Gasteiger charge is -2.22. The average molecular weight is 444 g/mol. The van der Waals surface area contributed by atoms with Crippen LogP contribution in [0.1, 0.15) is 6.42 Å². The molecule has 2 amide bonds. The summed E-state index contributed by atoms with van der Waals surface area (Å²) in [6.07, 6.45) is -1.35. The van der Waals surface area contributed by atoms with Gasteiger partial charge in [-0.15, -0.1) is 11.3 Å². The van der Waals surface area contributed by atoms with Gasteiger partial charge in [0.2, 0.25) is 5.91 Å². The number of thiazole rings is 1. The van der Waals surface area contributed by atoms with Gasteiger partial charge in [-0.05, 0) is 24.3 Å². The third-order valence-corrected chi connectivity index (χ3v) is 5.65. The Balaban J connectivity index is 1.44. The fourth-order valence-corrected chi connectivity index (χ4v) is 4.03. The minimum Gasteiger partial charge on any atom is -0.410 e. The molecule has 30 heavy (non-hydrogen) atoms. The molecule has 0 saturated carbocycles. The molecule has 2 atom stereocenters. The first-order chi connectivity index (χ1) is 14.5. The number of benzene rings is 2. The first kappa shape index (κ1) is 20.3. The molecule has 1 aliphatic rings. The van der Waals surface area contributed by atoms with Crippen molar-refractivity contribution in [3.63, 3.8) is 0 Å². The molecule has 1 fully saturated rings. The number of β-amino-alcohol motifs (C(OH)–C–C–N with tert-alkyl or cyclic N) is 1. The van der Waals surface area contributed by atoms with Crippen LogP contribution in [0.2, 0.25) is 5.02 Å². The third-order valence-electron chi connectivity index (χ3n) is 4.64. The molecule has 2 heterocycles. The van der Waals surface area contributed by atoms with Gasteiger partial charge in [-0.3, -0.25) is 9.69 Å². The molecule has 4 rings (SSSR count). The van der Waals surface area contributed by atoms with E-state index in [0.717, 1.165) is 5.56 Å². The number of nitrogens with one attached hydrogen (secondary N) is 1. The molecule has 0 bridgehead atoms. The number of anilines is 1. The monoisotopic (exact) mass is 443 g/mol. The van der Waals surface area contributed by atoms with Crippen molar-refractivity contribution in [3.05, 3.63) is 65.0 Å². The molecule has 3 aromatic rings. The van der Waals surface area contributed by atoms with Crippen LogP contribution in [0.4, 0.5) is 9.93 Å². The molecule has 2 aromatic carbocycles. The van der Waals surface area contributed by atoms with Gasteiger partial charge in [0.1, 0.15) is 11.8 Å². The van der Waals surface area contributed by atoms with Crippen molar-refractivity contribution in [2.75, 3.05) is 11.9 Å². The van der Waals surface area contributed by atoms with E-state index < -0.39 is 24.1 Å². The number of para-hydroxylation sites is 1. The summed E-state index contributed by atoms with van der Waals surface area (Å²) in [5.74, 6) is -0.0517. The van der Waals surface area contributed by atoms with Crippen molar-refractivity contribution in [1.82, 2.24) is 9.88 Å². The Hall–Kier alpha value is -2.94. The number of nitrogens with zero attached hydrogens (tertiary/aromatic N) is 2. The van der Waals surface area contributed by atoms with Gasteiger partial charge in [-0.25, -0.2) is 9.78 Å². The summed E-state index contributed by atoms with van der Waals surface area (Å²) in [7, 11) is 0. The number of likely N-dealkylation sites (tertiary alicyclic amines) is 1. The lowest BCUT2D eigenvalue weighted by molar-refractivity contribution is -0.119. The van der Waals surface area contributed by atoms with Crippen molar-refractivity contribution < 1.29 is 19.4 Å². The van der Waals surface area contributed by atoms with Gasteiger partial charge in [-0.1, -0.05) is 41.9 Å². The summed E-state index contributed by atoms with van der Waals surface area (Å²) in [6, 6.07) is 15.0. The Morgan fingerprint density at radius 2 is 1.90 bits per heavy atom. The summed E-state index contributed by atoms with van der Waals surface area (Å²) in [6.45, 7) is 0.0254. The van der Waals surface area contributed by atoms with Crippen LogP contribution < -0.4 is 10.1 Å². The first-order valence-electron chi connectivity index (χ1n) is 9.23. The number of aliphatic hydroxyl groups is 1. The Morgan fingerprint density at radius 3 is 2.63 bits per heavy atom. The Bertz CT molecular complexity index is 1040. The van der Waals surface area contributed by atoms with E-state index in [-0.39, 0.29) is 13.0 Å². The van der Waals surface area contributed by atoms with Crippen LogP contribution in [-0.2, 0) is 4.79 Å². The number of carbonyl (C=O) groups is 2. The molecule has 0 spiro atoms. The first-order valence-corrected chi connectivity index (χ1v) is 10.5. The van der Waals surface area contributed by atoms with Crippen LogP contribution in [0.3, 0.4) is 0 Å². The van der Waals surface area contributed by atoms with E-state index in [1.807, 2.05) is 17.5 Å². The van der Waals surface area contributed by atoms with Gasteiger partial charge < -0.3 is 15.2 Å². The highest BCUT2D eigenvalue weighted by atomic mass is 35.5. The van der Waals surface area contributed by atoms with Crippen molar-refractivity contribution in [1.29, 1.82) is 0 Å². The number of rotatable bonds is 4. The van der Waals surface area contributed by atoms with Gasteiger partial charge in [0, 0.05) is 22.4 Å². The summed E-state index contributed by atoms with van der Waals surface area (Å²) in [5, 5.41) is 15.6. The smallest absolute Gasteiger partial charge is 0.410 e. The van der Waals surface area contributed by atoms with Crippen LogP contribution in [0.15, 0.2) is 60.0 Å². The topological polar surface area (TPSA) is 91.8 Å². The summed E-state index contributed by atoms with van der Waals surface area (Å²) in [5.41, 5.74) is 1.58. The van der Waals surface area contributed by atoms with E-state index in [4.69, 9.17) is 16.3 Å². The molecule has 0 radical (unpaired) electrons. The standard InChI is InChI=1S/C21H18ClN3O4S/c22-14-8-6-13(7-9-14)17-12-30-20(23-17)24-19(27)18-10-15(26)11-25(18)21(28)29-16-4-2-1-3-5-16/h1-9,12,15,18,26H,10-11H2,(H,23,24,27)/t15-,18-/m1/s1. The van der Waals surface area contributed by atoms with Crippen LogP contribution in [0.25, 0.3) is 11.3 Å². The van der Waals surface area contributed by atoms with E-state index in [9.17, 15) is 14.7 Å². The molecule has 1 aromatic heterocycles. The van der Waals surface area contributed by atoms with Gasteiger partial charge in [0.05, 0.1) is 18.3 Å². The maximum atomic E-state index is 12.8. The maximum Gasteiger partial charge on any atom is 0.416 e. The SMILES string of the molecule is O=C(Nc1nc(-c2ccc(Cl)cc2)cs1)[C@H]1C[C@@H](O)CN1C(=O)Oc1ccccc1. The van der Waals surface area contributed by atoms with E-state index in [1.54, 1.807) is 42.5 Å². The maximum absolute atomic E-state index is 12.8. The van der Waals surface area contributed by atoms with Gasteiger partial charge in [0.15, 0.2) is 5.13 Å². The molecular weight excluding hydrogens is 426 g/mol. The highest BCUT2D eigenvalue weighted by Crippen LogP contribution is 2.27. The lowest BCUT2D eigenvalue weighted by Crippen LogP contribution is -2.44. The summed E-state index contributed by atoms with van der Waals surface area (Å²) >= 11 is 7.19. The van der Waals surface area contributed by atoms with Gasteiger partial charge >= 0.3 is 6.09 Å². The van der Waals surface area contributed by atoms with E-state index >= 15 is 0 Å². The van der Waals surface area contributed by atoms with Crippen LogP contribution in [-0.4, -0.2) is 45.7 Å². The van der Waals surface area contributed by atoms with Crippen LogP contribution in [0, 0.1) is 0 Å². The predicted octanol–water partition coefficient (Wildman–Crippen LogP) is 4.04. The molecule has 1 saturated heterocycles. The summed E-state index contributed by atoms with van der Waals surface area (Å²) < 4.78 is 5.32. The van der Waals surface area contributed by atoms with E-state index in [0.29, 0.717) is 21.6 Å². The average Bonchev–Trinajstić information content (AvgIpc) is 3.36. The fourth-order valence-electron chi connectivity index (χ4n) is 3.19. The zero-order valence-corrected chi connectivity index (χ0v) is 17.3. The molecule has 154 valence electrons. The zero-order valence-electron chi connectivity index (χ0n) is 15.7. The molecule has 2 N–H and O–H groups in total. The van der Waals surface area contributed by atoms with Crippen LogP contribution in [0.5, 0.6) is 5.75 Å². The van der Waals surface area contributed by atoms with Gasteiger partial charge in [0.25, 0.3) is 0 Å². The quantitative estimate of drug-likeness (QED) is 0.635. The van der Waals surface area contributed by atoms with Crippen molar-refractivity contribution in [2.45, 2.75) is 18.6 Å². The Kier molecular flexibility index (Phi) is 5.98. The minimum absolute atomic E-state index is 0.0254. The Morgan fingerprint density at radius 1 is 1.17 bits per heavy atom. The molecule has 0 aliphatic carbocycles. The normalized spacial score (nSPS) is 18.3. The third kappa shape index (κ3) is 4.62. The number of halogens is 1. The lowest BCUT2D eigenvalue weighted by atomic mass is 10.2. The largest absolute Gasteiger partial charge is 0.416 e. The molecular formula is C21H18ClN3O4S. The highest BCUT2D eigenvalue weighted by Gasteiger charge is 2.40. The Labute approximate surface area is 181 Å². The molecule has 9 heteroatoms. The van der Waals surface area contributed by atoms with Crippen molar-refractivity contribution in [3.8, 4) is 17.0 Å². The number of aromatic nitrogens is 1. The number of ether oxygens (including phenoxy) is 1. The molecule has 0 unspecified atom stereocenters. The van der Waals surface area contributed by atoms with Crippen molar-refractivity contribution >= 4 is 40.1 Å². The van der Waals surface area contributed by atoms with E-state index in [1.165, 1.54) is 16.2 Å². The van der Waals surface area contributed by atoms with Crippen LogP contribution >= 0.6 is 22.9 Å². The second-order valence-corrected chi connectivity index (χ2v) is 8.07. The number of carbonyl (C=O) groups excluding carboxylic acids is 2. The zero-order chi connectivity index (χ0) is 21.1. The predicted molar refractivity (Wildman–Crippen MR) is 115 cm³/mol. The second kappa shape index (κ2) is 8.83. The number of hydrogen-bond acceptors (Lipinski definition) is 6. The molecule has 1 aliphatic heterocycles. The number of hydrogen-bond donors (Lipinski definition) is 2. The number of amides is 2. The van der Waals surface area contributed by atoms with E-state index in [2.05, 4.69) is 10.3 Å². The van der Waals surface area contributed by atoms with Gasteiger partial charge in [-0.2, -0.15) is 0 Å². The number of aliphatic hydroxyl groups excluding tert-OH is 1. The molecule has 7 nitrogen and oxygen atoms in total. The summed E-state index contributed by atoms with van der Waals surface area (Å²) in [4.78, 5) is 31.0. The second-order valence-electron chi connectivity index (χ2n) is 6.77. The van der Waals surface area contributed by atoms with Crippen molar-refractivity contribution in [2.24, 2.45) is 0 Å². The minimum atomic E-state index is -0.848.